The minimum atomic E-state index is -0.442. The lowest BCUT2D eigenvalue weighted by Gasteiger charge is -2.15. The van der Waals surface area contributed by atoms with Gasteiger partial charge in [-0.1, -0.05) is 50.4 Å². The summed E-state index contributed by atoms with van der Waals surface area (Å²) >= 11 is 5.92. The van der Waals surface area contributed by atoms with Gasteiger partial charge in [0, 0.05) is 12.0 Å². The molecule has 0 aliphatic heterocycles. The lowest BCUT2D eigenvalue weighted by Crippen LogP contribution is -2.25. The molecule has 18 heavy (non-hydrogen) atoms. The fourth-order valence-electron chi connectivity index (χ4n) is 2.02. The van der Waals surface area contributed by atoms with E-state index >= 15 is 0 Å². The largest absolute Gasteiger partial charge is 0.291 e. The Kier molecular flexibility index (Phi) is 6.07. The summed E-state index contributed by atoms with van der Waals surface area (Å²) in [7, 11) is 0. The van der Waals surface area contributed by atoms with Gasteiger partial charge in [-0.3, -0.25) is 9.79 Å². The molecular weight excluding hydrogens is 246 g/mol. The Bertz CT molecular complexity index is 342. The Morgan fingerprint density at radius 3 is 2.44 bits per heavy atom. The van der Waals surface area contributed by atoms with Crippen LogP contribution in [-0.4, -0.2) is 17.5 Å². The van der Waals surface area contributed by atoms with Crippen LogP contribution < -0.4 is 0 Å². The minimum absolute atomic E-state index is 0.0745. The number of hydrogen-bond acceptors (Lipinski definition) is 2. The molecule has 3 heteroatoms. The molecule has 0 spiro atoms. The van der Waals surface area contributed by atoms with Gasteiger partial charge in [-0.15, -0.1) is 0 Å². The van der Waals surface area contributed by atoms with Crippen molar-refractivity contribution >= 4 is 22.6 Å². The summed E-state index contributed by atoms with van der Waals surface area (Å²) in [6.07, 6.45) is 9.63. The van der Waals surface area contributed by atoms with Crippen LogP contribution >= 0.6 is 11.6 Å². The molecule has 1 aliphatic carbocycles. The van der Waals surface area contributed by atoms with Crippen LogP contribution in [0.25, 0.3) is 0 Å². The average Bonchev–Trinajstić information content (AvgIpc) is 2.33. The van der Waals surface area contributed by atoms with E-state index < -0.39 is 5.41 Å². The monoisotopic (exact) mass is 269 g/mol. The van der Waals surface area contributed by atoms with Crippen molar-refractivity contribution in [1.82, 2.24) is 0 Å². The predicted octanol–water partition coefficient (Wildman–Crippen LogP) is 4.52. The van der Waals surface area contributed by atoms with Crippen LogP contribution in [0, 0.1) is 5.41 Å². The summed E-state index contributed by atoms with van der Waals surface area (Å²) < 4.78 is 0. The second-order valence-corrected chi connectivity index (χ2v) is 6.32. The first kappa shape index (κ1) is 15.4. The Morgan fingerprint density at radius 1 is 1.28 bits per heavy atom. The number of nitrogens with zero attached hydrogens (tertiary/aromatic N) is 1. The third-order valence-corrected chi connectivity index (χ3v) is 3.47. The first-order valence-corrected chi connectivity index (χ1v) is 7.21. The molecule has 0 radical (unpaired) electrons. The third-order valence-electron chi connectivity index (χ3n) is 3.18. The van der Waals surface area contributed by atoms with Crippen LogP contribution in [0.5, 0.6) is 0 Å². The highest BCUT2D eigenvalue weighted by Gasteiger charge is 2.24. The van der Waals surface area contributed by atoms with Crippen molar-refractivity contribution in [3.05, 3.63) is 11.6 Å². The summed E-state index contributed by atoms with van der Waals surface area (Å²) in [6.45, 7) is 6.19. The van der Waals surface area contributed by atoms with Gasteiger partial charge in [0.15, 0.2) is 11.0 Å². The first-order chi connectivity index (χ1) is 8.41. The van der Waals surface area contributed by atoms with Crippen LogP contribution in [0.15, 0.2) is 16.6 Å². The van der Waals surface area contributed by atoms with Crippen LogP contribution in [0.3, 0.4) is 0 Å². The predicted molar refractivity (Wildman–Crippen MR) is 78.4 cm³/mol. The smallest absolute Gasteiger partial charge is 0.197 e. The molecule has 0 unspecified atom stereocenters. The van der Waals surface area contributed by atoms with E-state index in [4.69, 9.17) is 11.6 Å². The highest BCUT2D eigenvalue weighted by Crippen LogP contribution is 2.23. The second kappa shape index (κ2) is 7.08. The number of halogens is 1. The molecule has 0 aromatic heterocycles. The van der Waals surface area contributed by atoms with E-state index in [1.54, 1.807) is 5.57 Å². The highest BCUT2D eigenvalue weighted by atomic mass is 35.5. The van der Waals surface area contributed by atoms with Crippen LogP contribution in [-0.2, 0) is 4.79 Å². The molecule has 1 rings (SSSR count). The van der Waals surface area contributed by atoms with Gasteiger partial charge in [-0.05, 0) is 32.1 Å². The molecule has 0 saturated heterocycles. The molecular formula is C15H24ClNO. The number of hydrogen-bond donors (Lipinski definition) is 0. The Balaban J connectivity index is 2.38. The van der Waals surface area contributed by atoms with Crippen molar-refractivity contribution in [2.75, 3.05) is 6.54 Å². The van der Waals surface area contributed by atoms with E-state index in [1.165, 1.54) is 32.1 Å². The topological polar surface area (TPSA) is 29.4 Å². The molecule has 1 aliphatic rings. The molecule has 0 atom stereocenters. The maximum absolute atomic E-state index is 11.8. The third kappa shape index (κ3) is 5.34. The van der Waals surface area contributed by atoms with Gasteiger partial charge >= 0.3 is 0 Å². The Morgan fingerprint density at radius 2 is 1.89 bits per heavy atom. The number of allylic oxidation sites excluding steroid dienone is 1. The van der Waals surface area contributed by atoms with Crippen LogP contribution in [0.2, 0.25) is 0 Å². The van der Waals surface area contributed by atoms with E-state index in [2.05, 4.69) is 11.1 Å². The summed E-state index contributed by atoms with van der Waals surface area (Å²) in [5.41, 5.74) is 1.11. The molecule has 0 N–H and O–H groups in total. The van der Waals surface area contributed by atoms with Crippen molar-refractivity contribution < 1.29 is 4.79 Å². The van der Waals surface area contributed by atoms with Gasteiger partial charge in [0.2, 0.25) is 0 Å². The van der Waals surface area contributed by atoms with E-state index in [1.807, 2.05) is 20.8 Å². The Labute approximate surface area is 116 Å². The lowest BCUT2D eigenvalue weighted by atomic mass is 9.91. The maximum atomic E-state index is 11.8. The van der Waals surface area contributed by atoms with E-state index in [9.17, 15) is 4.79 Å². The van der Waals surface area contributed by atoms with Crippen molar-refractivity contribution in [1.29, 1.82) is 0 Å². The van der Waals surface area contributed by atoms with Crippen molar-refractivity contribution in [3.63, 3.8) is 0 Å². The van der Waals surface area contributed by atoms with E-state index in [0.29, 0.717) is 6.54 Å². The molecule has 2 nitrogen and oxygen atoms in total. The number of rotatable bonds is 4. The summed E-state index contributed by atoms with van der Waals surface area (Å²) in [5.74, 6) is -0.0745. The molecule has 0 amide bonds. The SMILES string of the molecule is CC(C)(C)C(=O)C(Cl)=NCCC=C1CCCCC1. The van der Waals surface area contributed by atoms with Crippen molar-refractivity contribution in [3.8, 4) is 0 Å². The molecule has 102 valence electrons. The number of carbonyl (C=O) groups is 1. The van der Waals surface area contributed by atoms with Crippen LogP contribution in [0.1, 0.15) is 59.3 Å². The molecule has 1 fully saturated rings. The van der Waals surface area contributed by atoms with Crippen molar-refractivity contribution in [2.24, 2.45) is 10.4 Å². The summed E-state index contributed by atoms with van der Waals surface area (Å²) in [6, 6.07) is 0. The zero-order chi connectivity index (χ0) is 13.6. The fourth-order valence-corrected chi connectivity index (χ4v) is 2.39. The molecule has 0 heterocycles. The zero-order valence-electron chi connectivity index (χ0n) is 11.8. The molecule has 0 bridgehead atoms. The van der Waals surface area contributed by atoms with E-state index in [0.717, 1.165) is 6.42 Å². The van der Waals surface area contributed by atoms with Gasteiger partial charge in [-0.25, -0.2) is 0 Å². The number of aliphatic imine (C=N–C) groups is 1. The minimum Gasteiger partial charge on any atom is -0.291 e. The molecule has 0 aromatic rings. The van der Waals surface area contributed by atoms with Gasteiger partial charge in [0.25, 0.3) is 0 Å². The van der Waals surface area contributed by atoms with Gasteiger partial charge in [0.05, 0.1) is 0 Å². The van der Waals surface area contributed by atoms with Gasteiger partial charge in [0.1, 0.15) is 0 Å². The normalized spacial score (nSPS) is 17.8. The lowest BCUT2D eigenvalue weighted by molar-refractivity contribution is -0.119. The van der Waals surface area contributed by atoms with E-state index in [-0.39, 0.29) is 11.0 Å². The van der Waals surface area contributed by atoms with Gasteiger partial charge in [-0.2, -0.15) is 0 Å². The van der Waals surface area contributed by atoms with Crippen molar-refractivity contribution in [2.45, 2.75) is 59.3 Å². The maximum Gasteiger partial charge on any atom is 0.197 e. The number of carbonyl (C=O) groups excluding carboxylic acids is 1. The quantitative estimate of drug-likeness (QED) is 0.419. The number of ketones is 1. The average molecular weight is 270 g/mol. The Hall–Kier alpha value is -0.630. The summed E-state index contributed by atoms with van der Waals surface area (Å²) in [4.78, 5) is 15.9. The standard InChI is InChI=1S/C15H24ClNO/c1-15(2,3)13(18)14(16)17-11-7-10-12-8-5-4-6-9-12/h10H,4-9,11H2,1-3H3. The molecule has 1 saturated carbocycles. The van der Waals surface area contributed by atoms with Crippen LogP contribution in [0.4, 0.5) is 0 Å². The molecule has 0 aromatic carbocycles. The highest BCUT2D eigenvalue weighted by molar-refractivity contribution is 6.83. The number of Topliss-reactive ketones (excluding diaryl/α,β-unsaturated/α-hetero) is 1. The zero-order valence-corrected chi connectivity index (χ0v) is 12.5. The fraction of sp³-hybridized carbons (Fsp3) is 0.733. The van der Waals surface area contributed by atoms with Gasteiger partial charge < -0.3 is 0 Å². The second-order valence-electron chi connectivity index (χ2n) is 5.96. The summed E-state index contributed by atoms with van der Waals surface area (Å²) in [5, 5.41) is 0.143. The first-order valence-electron chi connectivity index (χ1n) is 6.84.